The molecule has 1 aliphatic rings. The van der Waals surface area contributed by atoms with Gasteiger partial charge >= 0.3 is 0 Å². The van der Waals surface area contributed by atoms with Crippen LogP contribution in [0.25, 0.3) is 0 Å². The Bertz CT molecular complexity index is 686. The molecule has 0 spiro atoms. The molecule has 1 heterocycles. The molecule has 0 aliphatic carbocycles. The van der Waals surface area contributed by atoms with Crippen molar-refractivity contribution in [1.82, 2.24) is 0 Å². The van der Waals surface area contributed by atoms with Gasteiger partial charge in [-0.15, -0.1) is 0 Å². The minimum atomic E-state index is 0.230. The lowest BCUT2D eigenvalue weighted by Crippen LogP contribution is -2.04. The summed E-state index contributed by atoms with van der Waals surface area (Å²) in [5.74, 6) is 1.23. The summed E-state index contributed by atoms with van der Waals surface area (Å²) in [4.78, 5) is 12.4. The second kappa shape index (κ2) is 5.72. The Kier molecular flexibility index (Phi) is 3.78. The van der Waals surface area contributed by atoms with Crippen molar-refractivity contribution in [2.24, 2.45) is 0 Å². The first-order chi connectivity index (χ1) is 10.1. The zero-order chi connectivity index (χ0) is 14.8. The molecule has 0 unspecified atom stereocenters. The number of fused-ring (bicyclic) bond motifs is 1. The number of hydrogen-bond acceptors (Lipinski definition) is 2. The third-order valence-corrected chi connectivity index (χ3v) is 4.09. The highest BCUT2D eigenvalue weighted by Crippen LogP contribution is 2.26. The van der Waals surface area contributed by atoms with Crippen LogP contribution >= 0.6 is 0 Å². The Labute approximate surface area is 125 Å². The third kappa shape index (κ3) is 2.99. The normalized spacial score (nSPS) is 12.9. The summed E-state index contributed by atoms with van der Waals surface area (Å²) in [5.41, 5.74) is 5.55. The molecule has 21 heavy (non-hydrogen) atoms. The monoisotopic (exact) mass is 280 g/mol. The number of ether oxygens (including phenoxy) is 1. The Hall–Kier alpha value is -2.09. The fourth-order valence-electron chi connectivity index (χ4n) is 2.82. The molecule has 2 aromatic carbocycles. The largest absolute Gasteiger partial charge is 0.493 e. The van der Waals surface area contributed by atoms with Crippen molar-refractivity contribution in [3.63, 3.8) is 0 Å². The van der Waals surface area contributed by atoms with E-state index in [1.165, 1.54) is 11.1 Å². The number of ketones is 1. The van der Waals surface area contributed by atoms with Crippen molar-refractivity contribution in [2.75, 3.05) is 6.61 Å². The van der Waals surface area contributed by atoms with Crippen molar-refractivity contribution in [2.45, 2.75) is 33.1 Å². The van der Waals surface area contributed by atoms with E-state index in [-0.39, 0.29) is 5.78 Å². The van der Waals surface area contributed by atoms with E-state index in [1.807, 2.05) is 38.1 Å². The Morgan fingerprint density at radius 1 is 1.14 bits per heavy atom. The fraction of sp³-hybridized carbons (Fsp3) is 0.316. The highest BCUT2D eigenvalue weighted by Gasteiger charge is 2.13. The molecule has 3 rings (SSSR count). The maximum atomic E-state index is 12.4. The van der Waals surface area contributed by atoms with Crippen LogP contribution in [0.5, 0.6) is 5.75 Å². The van der Waals surface area contributed by atoms with Crippen molar-refractivity contribution in [3.8, 4) is 5.75 Å². The molecule has 0 amide bonds. The molecule has 0 aromatic heterocycles. The molecule has 0 saturated heterocycles. The molecule has 0 atom stereocenters. The van der Waals surface area contributed by atoms with Gasteiger partial charge in [-0.25, -0.2) is 0 Å². The van der Waals surface area contributed by atoms with E-state index < -0.39 is 0 Å². The first kappa shape index (κ1) is 13.9. The Morgan fingerprint density at radius 2 is 2.00 bits per heavy atom. The molecular weight excluding hydrogens is 260 g/mol. The van der Waals surface area contributed by atoms with Crippen molar-refractivity contribution in [3.05, 3.63) is 64.2 Å². The minimum Gasteiger partial charge on any atom is -0.493 e. The topological polar surface area (TPSA) is 26.3 Å². The first-order valence-electron chi connectivity index (χ1n) is 7.48. The molecule has 0 bridgehead atoms. The number of rotatable bonds is 4. The predicted molar refractivity (Wildman–Crippen MR) is 84.2 cm³/mol. The number of aryl methyl sites for hydroxylation is 3. The summed E-state index contributed by atoms with van der Waals surface area (Å²) >= 11 is 0. The second-order valence-electron chi connectivity index (χ2n) is 5.78. The SMILES string of the molecule is Cc1ccc(C)c(C(=O)CCc2ccc3c(c2)CCO3)c1. The average Bonchev–Trinajstić information content (AvgIpc) is 2.94. The summed E-state index contributed by atoms with van der Waals surface area (Å²) in [6.07, 6.45) is 2.33. The number of hydrogen-bond donors (Lipinski definition) is 0. The zero-order valence-electron chi connectivity index (χ0n) is 12.6. The van der Waals surface area contributed by atoms with E-state index in [0.717, 1.165) is 41.9 Å². The van der Waals surface area contributed by atoms with Gasteiger partial charge in [-0.3, -0.25) is 4.79 Å². The highest BCUT2D eigenvalue weighted by atomic mass is 16.5. The maximum Gasteiger partial charge on any atom is 0.163 e. The first-order valence-corrected chi connectivity index (χ1v) is 7.48. The van der Waals surface area contributed by atoms with Crippen LogP contribution in [0, 0.1) is 13.8 Å². The summed E-state index contributed by atoms with van der Waals surface area (Å²) in [6, 6.07) is 12.3. The smallest absolute Gasteiger partial charge is 0.163 e. The van der Waals surface area contributed by atoms with Crippen LogP contribution in [-0.4, -0.2) is 12.4 Å². The molecule has 0 fully saturated rings. The summed E-state index contributed by atoms with van der Waals surface area (Å²) in [6.45, 7) is 4.80. The summed E-state index contributed by atoms with van der Waals surface area (Å²) in [7, 11) is 0. The van der Waals surface area contributed by atoms with E-state index in [2.05, 4.69) is 12.1 Å². The van der Waals surface area contributed by atoms with Crippen molar-refractivity contribution >= 4 is 5.78 Å². The Morgan fingerprint density at radius 3 is 2.86 bits per heavy atom. The molecule has 0 N–H and O–H groups in total. The van der Waals surface area contributed by atoms with E-state index in [4.69, 9.17) is 4.74 Å². The molecule has 2 aromatic rings. The summed E-state index contributed by atoms with van der Waals surface area (Å²) < 4.78 is 5.51. The van der Waals surface area contributed by atoms with Gasteiger partial charge in [0.25, 0.3) is 0 Å². The zero-order valence-corrected chi connectivity index (χ0v) is 12.6. The van der Waals surface area contributed by atoms with Gasteiger partial charge in [0.05, 0.1) is 6.61 Å². The third-order valence-electron chi connectivity index (χ3n) is 4.09. The second-order valence-corrected chi connectivity index (χ2v) is 5.78. The van der Waals surface area contributed by atoms with Crippen LogP contribution in [0.1, 0.15) is 39.0 Å². The van der Waals surface area contributed by atoms with E-state index in [0.29, 0.717) is 6.42 Å². The van der Waals surface area contributed by atoms with Crippen molar-refractivity contribution in [1.29, 1.82) is 0 Å². The van der Waals surface area contributed by atoms with E-state index in [9.17, 15) is 4.79 Å². The molecule has 1 aliphatic heterocycles. The lowest BCUT2D eigenvalue weighted by molar-refractivity contribution is 0.0982. The van der Waals surface area contributed by atoms with Gasteiger partial charge in [0.15, 0.2) is 5.78 Å². The number of Topliss-reactive ketones (excluding diaryl/α,β-unsaturated/α-hetero) is 1. The van der Waals surface area contributed by atoms with Crippen LogP contribution in [0.15, 0.2) is 36.4 Å². The number of carbonyl (C=O) groups excluding carboxylic acids is 1. The standard InChI is InChI=1S/C19H20O2/c1-13-3-4-14(2)17(11-13)18(20)7-5-15-6-8-19-16(12-15)9-10-21-19/h3-4,6,8,11-12H,5,7,9-10H2,1-2H3. The number of benzene rings is 2. The summed E-state index contributed by atoms with van der Waals surface area (Å²) in [5, 5.41) is 0. The van der Waals surface area contributed by atoms with Gasteiger partial charge in [-0.1, -0.05) is 29.8 Å². The van der Waals surface area contributed by atoms with Gasteiger partial charge in [-0.2, -0.15) is 0 Å². The van der Waals surface area contributed by atoms with Gasteiger partial charge in [-0.05, 0) is 49.1 Å². The predicted octanol–water partition coefficient (Wildman–Crippen LogP) is 4.05. The average molecular weight is 280 g/mol. The van der Waals surface area contributed by atoms with Crippen LogP contribution in [0.4, 0.5) is 0 Å². The van der Waals surface area contributed by atoms with Gasteiger partial charge in [0.2, 0.25) is 0 Å². The molecule has 108 valence electrons. The van der Waals surface area contributed by atoms with Crippen LogP contribution in [0.3, 0.4) is 0 Å². The van der Waals surface area contributed by atoms with Crippen LogP contribution in [-0.2, 0) is 12.8 Å². The molecular formula is C19H20O2. The quantitative estimate of drug-likeness (QED) is 0.790. The van der Waals surface area contributed by atoms with Gasteiger partial charge in [0, 0.05) is 18.4 Å². The van der Waals surface area contributed by atoms with Gasteiger partial charge < -0.3 is 4.74 Å². The lowest BCUT2D eigenvalue weighted by Gasteiger charge is -2.07. The molecule has 2 nitrogen and oxygen atoms in total. The van der Waals surface area contributed by atoms with Crippen molar-refractivity contribution < 1.29 is 9.53 Å². The number of carbonyl (C=O) groups is 1. The van der Waals surface area contributed by atoms with E-state index in [1.54, 1.807) is 0 Å². The fourth-order valence-corrected chi connectivity index (χ4v) is 2.82. The molecule has 0 saturated carbocycles. The molecule has 2 heteroatoms. The Balaban J connectivity index is 1.70. The van der Waals surface area contributed by atoms with Crippen LogP contribution < -0.4 is 4.74 Å². The minimum absolute atomic E-state index is 0.230. The van der Waals surface area contributed by atoms with Gasteiger partial charge in [0.1, 0.15) is 5.75 Å². The maximum absolute atomic E-state index is 12.4. The van der Waals surface area contributed by atoms with Crippen LogP contribution in [0.2, 0.25) is 0 Å². The van der Waals surface area contributed by atoms with E-state index >= 15 is 0 Å². The highest BCUT2D eigenvalue weighted by molar-refractivity contribution is 5.97. The lowest BCUT2D eigenvalue weighted by atomic mass is 9.97. The molecule has 0 radical (unpaired) electrons.